The molecular formula is C11H10N4O. The summed E-state index contributed by atoms with van der Waals surface area (Å²) in [5.74, 6) is 1.26. The Morgan fingerprint density at radius 2 is 2.19 bits per heavy atom. The maximum absolute atomic E-state index is 5.85. The lowest BCUT2D eigenvalue weighted by atomic mass is 10.2. The molecule has 0 saturated carbocycles. The summed E-state index contributed by atoms with van der Waals surface area (Å²) in [4.78, 5) is 11.3. The van der Waals surface area contributed by atoms with E-state index in [0.29, 0.717) is 5.82 Å². The van der Waals surface area contributed by atoms with Gasteiger partial charge in [-0.2, -0.15) is 0 Å². The number of aromatic amines is 1. The number of anilines is 1. The first-order valence-electron chi connectivity index (χ1n) is 4.85. The van der Waals surface area contributed by atoms with Gasteiger partial charge in [-0.25, -0.2) is 9.97 Å². The quantitative estimate of drug-likeness (QED) is 0.646. The number of ether oxygens (including phenoxy) is 1. The maximum atomic E-state index is 5.85. The van der Waals surface area contributed by atoms with Crippen molar-refractivity contribution >= 4 is 27.8 Å². The molecule has 0 spiro atoms. The van der Waals surface area contributed by atoms with Gasteiger partial charge in [-0.3, -0.25) is 0 Å². The molecule has 0 unspecified atom stereocenters. The average molecular weight is 214 g/mol. The second kappa shape index (κ2) is 3.10. The van der Waals surface area contributed by atoms with E-state index in [2.05, 4.69) is 15.0 Å². The molecule has 0 atom stereocenters. The van der Waals surface area contributed by atoms with Crippen LogP contribution in [0.4, 0.5) is 5.82 Å². The molecular weight excluding hydrogens is 204 g/mol. The van der Waals surface area contributed by atoms with E-state index in [1.165, 1.54) is 6.33 Å². The number of benzene rings is 1. The minimum Gasteiger partial charge on any atom is -0.497 e. The van der Waals surface area contributed by atoms with Crippen LogP contribution in [0.5, 0.6) is 5.75 Å². The van der Waals surface area contributed by atoms with Crippen LogP contribution in [-0.4, -0.2) is 22.1 Å². The number of aromatic nitrogens is 3. The highest BCUT2D eigenvalue weighted by molar-refractivity contribution is 6.10. The van der Waals surface area contributed by atoms with E-state index in [4.69, 9.17) is 10.5 Å². The van der Waals surface area contributed by atoms with Gasteiger partial charge in [0.1, 0.15) is 23.5 Å². The first-order valence-corrected chi connectivity index (χ1v) is 4.85. The smallest absolute Gasteiger partial charge is 0.143 e. The van der Waals surface area contributed by atoms with Crippen molar-refractivity contribution in [2.75, 3.05) is 12.8 Å². The van der Waals surface area contributed by atoms with Crippen LogP contribution in [0.2, 0.25) is 0 Å². The van der Waals surface area contributed by atoms with Gasteiger partial charge in [-0.15, -0.1) is 0 Å². The minimum atomic E-state index is 0.476. The van der Waals surface area contributed by atoms with Crippen LogP contribution >= 0.6 is 0 Å². The zero-order valence-corrected chi connectivity index (χ0v) is 8.69. The van der Waals surface area contributed by atoms with Gasteiger partial charge in [-0.05, 0) is 18.2 Å². The predicted molar refractivity (Wildman–Crippen MR) is 62.4 cm³/mol. The van der Waals surface area contributed by atoms with Crippen LogP contribution in [0.25, 0.3) is 21.9 Å². The summed E-state index contributed by atoms with van der Waals surface area (Å²) >= 11 is 0. The summed E-state index contributed by atoms with van der Waals surface area (Å²) < 4.78 is 5.18. The second-order valence-corrected chi connectivity index (χ2v) is 3.52. The maximum Gasteiger partial charge on any atom is 0.143 e. The van der Waals surface area contributed by atoms with Crippen LogP contribution in [0.1, 0.15) is 0 Å². The highest BCUT2D eigenvalue weighted by atomic mass is 16.5. The van der Waals surface area contributed by atoms with Crippen LogP contribution in [0.3, 0.4) is 0 Å². The van der Waals surface area contributed by atoms with E-state index >= 15 is 0 Å². The first-order chi connectivity index (χ1) is 7.79. The van der Waals surface area contributed by atoms with Gasteiger partial charge in [0.25, 0.3) is 0 Å². The van der Waals surface area contributed by atoms with Crippen molar-refractivity contribution in [1.29, 1.82) is 0 Å². The van der Waals surface area contributed by atoms with Crippen LogP contribution < -0.4 is 10.5 Å². The number of hydrogen-bond donors (Lipinski definition) is 2. The fraction of sp³-hybridized carbons (Fsp3) is 0.0909. The van der Waals surface area contributed by atoms with E-state index in [0.717, 1.165) is 27.7 Å². The van der Waals surface area contributed by atoms with E-state index in [1.807, 2.05) is 18.2 Å². The Balaban J connectivity index is 2.50. The molecule has 2 aromatic heterocycles. The number of methoxy groups -OCH3 is 1. The van der Waals surface area contributed by atoms with Crippen LogP contribution in [0.15, 0.2) is 24.5 Å². The molecule has 0 fully saturated rings. The lowest BCUT2D eigenvalue weighted by Crippen LogP contribution is -1.91. The SMILES string of the molecule is COc1ccc2[nH]c3ncnc(N)c3c2c1. The summed E-state index contributed by atoms with van der Waals surface area (Å²) in [5.41, 5.74) is 7.57. The fourth-order valence-electron chi connectivity index (χ4n) is 1.85. The number of nitrogens with zero attached hydrogens (tertiary/aromatic N) is 2. The second-order valence-electron chi connectivity index (χ2n) is 3.52. The topological polar surface area (TPSA) is 76.8 Å². The van der Waals surface area contributed by atoms with E-state index in [1.54, 1.807) is 7.11 Å². The van der Waals surface area contributed by atoms with Crippen LogP contribution in [0, 0.1) is 0 Å². The molecule has 0 saturated heterocycles. The number of nitrogen functional groups attached to an aromatic ring is 1. The van der Waals surface area contributed by atoms with Gasteiger partial charge in [-0.1, -0.05) is 0 Å². The summed E-state index contributed by atoms with van der Waals surface area (Å²) in [5, 5.41) is 1.82. The van der Waals surface area contributed by atoms with Crippen molar-refractivity contribution in [2.45, 2.75) is 0 Å². The molecule has 0 radical (unpaired) electrons. The lowest BCUT2D eigenvalue weighted by molar-refractivity contribution is 0.415. The molecule has 0 aliphatic heterocycles. The summed E-state index contributed by atoms with van der Waals surface area (Å²) in [7, 11) is 1.63. The highest BCUT2D eigenvalue weighted by Gasteiger charge is 2.09. The van der Waals surface area contributed by atoms with Crippen molar-refractivity contribution in [3.8, 4) is 5.75 Å². The normalized spacial score (nSPS) is 11.1. The van der Waals surface area contributed by atoms with Gasteiger partial charge in [0.05, 0.1) is 12.5 Å². The van der Waals surface area contributed by atoms with Crippen molar-refractivity contribution in [1.82, 2.24) is 15.0 Å². The average Bonchev–Trinajstić information content (AvgIpc) is 2.67. The Kier molecular flexibility index (Phi) is 1.73. The summed E-state index contributed by atoms with van der Waals surface area (Å²) in [6, 6.07) is 5.75. The molecule has 0 amide bonds. The Labute approximate surface area is 91.3 Å². The van der Waals surface area contributed by atoms with Crippen molar-refractivity contribution < 1.29 is 4.74 Å². The van der Waals surface area contributed by atoms with E-state index in [9.17, 15) is 0 Å². The van der Waals surface area contributed by atoms with Crippen molar-refractivity contribution in [3.63, 3.8) is 0 Å². The number of fused-ring (bicyclic) bond motifs is 3. The minimum absolute atomic E-state index is 0.476. The van der Waals surface area contributed by atoms with Crippen LogP contribution in [-0.2, 0) is 0 Å². The molecule has 3 rings (SSSR count). The van der Waals surface area contributed by atoms with Gasteiger partial charge in [0, 0.05) is 10.9 Å². The number of nitrogens with one attached hydrogen (secondary N) is 1. The monoisotopic (exact) mass is 214 g/mol. The number of nitrogens with two attached hydrogens (primary N) is 1. The Morgan fingerprint density at radius 3 is 3.00 bits per heavy atom. The van der Waals surface area contributed by atoms with Gasteiger partial charge >= 0.3 is 0 Å². The summed E-state index contributed by atoms with van der Waals surface area (Å²) in [6.07, 6.45) is 1.45. The van der Waals surface area contributed by atoms with Gasteiger partial charge in [0.2, 0.25) is 0 Å². The molecule has 0 aliphatic carbocycles. The molecule has 5 nitrogen and oxygen atoms in total. The largest absolute Gasteiger partial charge is 0.497 e. The Bertz CT molecular complexity index is 674. The van der Waals surface area contributed by atoms with Gasteiger partial charge in [0.15, 0.2) is 0 Å². The molecule has 16 heavy (non-hydrogen) atoms. The molecule has 0 aliphatic rings. The molecule has 80 valence electrons. The molecule has 0 bridgehead atoms. The third-order valence-electron chi connectivity index (χ3n) is 2.63. The van der Waals surface area contributed by atoms with Crippen molar-refractivity contribution in [3.05, 3.63) is 24.5 Å². The molecule has 3 N–H and O–H groups in total. The highest BCUT2D eigenvalue weighted by Crippen LogP contribution is 2.29. The third-order valence-corrected chi connectivity index (χ3v) is 2.63. The zero-order valence-electron chi connectivity index (χ0n) is 8.69. The van der Waals surface area contributed by atoms with Crippen molar-refractivity contribution in [2.24, 2.45) is 0 Å². The molecule has 2 heterocycles. The summed E-state index contributed by atoms with van der Waals surface area (Å²) in [6.45, 7) is 0. The van der Waals surface area contributed by atoms with Gasteiger partial charge < -0.3 is 15.5 Å². The zero-order chi connectivity index (χ0) is 11.1. The number of hydrogen-bond acceptors (Lipinski definition) is 4. The predicted octanol–water partition coefficient (Wildman–Crippen LogP) is 1.70. The molecule has 3 aromatic rings. The number of H-pyrrole nitrogens is 1. The molecule has 1 aromatic carbocycles. The Hall–Kier alpha value is -2.30. The standard InChI is InChI=1S/C11H10N4O/c1-16-6-2-3-8-7(4-6)9-10(12)13-5-14-11(9)15-8/h2-5H,1H3,(H3,12,13,14,15). The Morgan fingerprint density at radius 1 is 1.31 bits per heavy atom. The lowest BCUT2D eigenvalue weighted by Gasteiger charge is -1.99. The third kappa shape index (κ3) is 1.11. The molecule has 5 heteroatoms. The first kappa shape index (κ1) is 8.96. The van der Waals surface area contributed by atoms with E-state index in [-0.39, 0.29) is 0 Å². The number of rotatable bonds is 1. The van der Waals surface area contributed by atoms with E-state index < -0.39 is 0 Å². The fourth-order valence-corrected chi connectivity index (χ4v) is 1.85.